The fourth-order valence-corrected chi connectivity index (χ4v) is 5.42. The van der Waals surface area contributed by atoms with Gasteiger partial charge >= 0.3 is 0 Å². The van der Waals surface area contributed by atoms with Crippen LogP contribution in [0.1, 0.15) is 24.0 Å². The van der Waals surface area contributed by atoms with E-state index in [1.54, 1.807) is 42.5 Å². The van der Waals surface area contributed by atoms with Crippen LogP contribution in [0.5, 0.6) is 5.75 Å². The Bertz CT molecular complexity index is 1070. The van der Waals surface area contributed by atoms with E-state index in [2.05, 4.69) is 5.32 Å². The quantitative estimate of drug-likeness (QED) is 0.676. The maximum Gasteiger partial charge on any atom is 0.246 e. The van der Waals surface area contributed by atoms with E-state index >= 15 is 0 Å². The van der Waals surface area contributed by atoms with Crippen LogP contribution in [0.4, 0.5) is 5.69 Å². The fourth-order valence-electron chi connectivity index (χ4n) is 3.65. The number of amides is 2. The predicted octanol–water partition coefficient (Wildman–Crippen LogP) is 2.07. The average molecular weight is 446 g/mol. The normalized spacial score (nSPS) is 17.2. The summed E-state index contributed by atoms with van der Waals surface area (Å²) in [4.78, 5) is 23.9. The first-order valence-electron chi connectivity index (χ1n) is 10.0. The van der Waals surface area contributed by atoms with Gasteiger partial charge in [-0.15, -0.1) is 0 Å². The lowest BCUT2D eigenvalue weighted by atomic mass is 9.98. The Labute approximate surface area is 182 Å². The van der Waals surface area contributed by atoms with Crippen LogP contribution in [0.15, 0.2) is 47.4 Å². The summed E-state index contributed by atoms with van der Waals surface area (Å²) in [6.45, 7) is 2.27. The molecule has 1 atom stereocenters. The zero-order chi connectivity index (χ0) is 22.6. The van der Waals surface area contributed by atoms with E-state index in [1.807, 2.05) is 6.92 Å². The van der Waals surface area contributed by atoms with Gasteiger partial charge in [0.1, 0.15) is 10.6 Å². The van der Waals surface area contributed by atoms with Crippen molar-refractivity contribution in [3.05, 3.63) is 53.6 Å². The topological polar surface area (TPSA) is 119 Å². The molecule has 1 heterocycles. The van der Waals surface area contributed by atoms with Gasteiger partial charge in [-0.25, -0.2) is 8.42 Å². The molecule has 0 radical (unpaired) electrons. The summed E-state index contributed by atoms with van der Waals surface area (Å²) in [5, 5.41) is 2.83. The van der Waals surface area contributed by atoms with Crippen LogP contribution in [0, 0.1) is 12.8 Å². The first-order valence-corrected chi connectivity index (χ1v) is 11.5. The molecular weight excluding hydrogens is 418 g/mol. The van der Waals surface area contributed by atoms with Crippen molar-refractivity contribution >= 4 is 27.5 Å². The number of sulfonamides is 1. The molecule has 9 heteroatoms. The molecule has 3 N–H and O–H groups in total. The Morgan fingerprint density at radius 1 is 1.19 bits per heavy atom. The summed E-state index contributed by atoms with van der Waals surface area (Å²) in [6.07, 6.45) is 1.32. The van der Waals surface area contributed by atoms with E-state index in [9.17, 15) is 18.0 Å². The number of primary amides is 1. The van der Waals surface area contributed by atoms with Crippen LogP contribution in [-0.2, 0) is 26.0 Å². The largest absolute Gasteiger partial charge is 0.495 e. The van der Waals surface area contributed by atoms with Crippen LogP contribution >= 0.6 is 0 Å². The SMILES string of the molecule is COc1ccc(C)cc1S(=O)(=O)N1CCCC(C(=O)Nc2ccc(CC(N)=O)cc2)C1. The number of nitrogens with one attached hydrogen (secondary N) is 1. The fraction of sp³-hybridized carbons (Fsp3) is 0.364. The number of piperidine rings is 1. The second kappa shape index (κ2) is 9.49. The molecule has 2 amide bonds. The Morgan fingerprint density at radius 3 is 2.55 bits per heavy atom. The van der Waals surface area contributed by atoms with Crippen LogP contribution in [-0.4, -0.2) is 44.7 Å². The lowest BCUT2D eigenvalue weighted by Crippen LogP contribution is -2.43. The number of anilines is 1. The molecule has 0 bridgehead atoms. The molecule has 2 aromatic carbocycles. The van der Waals surface area contributed by atoms with Gasteiger partial charge < -0.3 is 15.8 Å². The van der Waals surface area contributed by atoms with Crippen LogP contribution in [0.3, 0.4) is 0 Å². The summed E-state index contributed by atoms with van der Waals surface area (Å²) >= 11 is 0. The molecule has 166 valence electrons. The lowest BCUT2D eigenvalue weighted by molar-refractivity contribution is -0.121. The number of nitrogens with zero attached hydrogens (tertiary/aromatic N) is 1. The highest BCUT2D eigenvalue weighted by Crippen LogP contribution is 2.31. The molecule has 31 heavy (non-hydrogen) atoms. The third-order valence-electron chi connectivity index (χ3n) is 5.29. The Balaban J connectivity index is 1.72. The standard InChI is InChI=1S/C22H27N3O5S/c1-15-5-10-19(30-2)20(12-15)31(28,29)25-11-3-4-17(14-25)22(27)24-18-8-6-16(7-9-18)13-21(23)26/h5-10,12,17H,3-4,11,13-14H2,1-2H3,(H2,23,26)(H,24,27). The van der Waals surface area contributed by atoms with E-state index in [0.717, 1.165) is 11.1 Å². The molecule has 0 aromatic heterocycles. The molecule has 1 aliphatic heterocycles. The molecular formula is C22H27N3O5S. The van der Waals surface area contributed by atoms with Crippen LogP contribution < -0.4 is 15.8 Å². The number of nitrogens with two attached hydrogens (primary N) is 1. The number of carbonyl (C=O) groups is 2. The second-order valence-electron chi connectivity index (χ2n) is 7.69. The van der Waals surface area contributed by atoms with Gasteiger partial charge in [-0.3, -0.25) is 9.59 Å². The van der Waals surface area contributed by atoms with E-state index in [-0.39, 0.29) is 29.5 Å². The monoisotopic (exact) mass is 445 g/mol. The van der Waals surface area contributed by atoms with Gasteiger partial charge in [-0.2, -0.15) is 4.31 Å². The first-order chi connectivity index (χ1) is 14.7. The van der Waals surface area contributed by atoms with E-state index in [4.69, 9.17) is 10.5 Å². The molecule has 1 aliphatic rings. The number of hydrogen-bond donors (Lipinski definition) is 2. The third-order valence-corrected chi connectivity index (χ3v) is 7.18. The molecule has 0 aliphatic carbocycles. The Morgan fingerprint density at radius 2 is 1.90 bits per heavy atom. The van der Waals surface area contributed by atoms with Crippen molar-refractivity contribution in [2.75, 3.05) is 25.5 Å². The highest BCUT2D eigenvalue weighted by Gasteiger charge is 2.35. The van der Waals surface area contributed by atoms with Crippen molar-refractivity contribution in [1.82, 2.24) is 4.31 Å². The Kier molecular flexibility index (Phi) is 6.97. The van der Waals surface area contributed by atoms with Crippen molar-refractivity contribution < 1.29 is 22.7 Å². The summed E-state index contributed by atoms with van der Waals surface area (Å²) in [6, 6.07) is 11.9. The summed E-state index contributed by atoms with van der Waals surface area (Å²) < 4.78 is 33.1. The molecule has 0 spiro atoms. The number of aryl methyl sites for hydroxylation is 1. The first kappa shape index (κ1) is 22.8. The Hall–Kier alpha value is -2.91. The number of hydrogen-bond acceptors (Lipinski definition) is 5. The van der Waals surface area contributed by atoms with Gasteiger partial charge in [0.2, 0.25) is 21.8 Å². The third kappa shape index (κ3) is 5.42. The van der Waals surface area contributed by atoms with Gasteiger partial charge in [0.25, 0.3) is 0 Å². The zero-order valence-corrected chi connectivity index (χ0v) is 18.4. The van der Waals surface area contributed by atoms with Crippen molar-refractivity contribution in [2.24, 2.45) is 11.7 Å². The summed E-state index contributed by atoms with van der Waals surface area (Å²) in [5.41, 5.74) is 7.34. The molecule has 8 nitrogen and oxygen atoms in total. The van der Waals surface area contributed by atoms with Gasteiger partial charge in [0.15, 0.2) is 0 Å². The van der Waals surface area contributed by atoms with Crippen LogP contribution in [0.25, 0.3) is 0 Å². The molecule has 1 fully saturated rings. The second-order valence-corrected chi connectivity index (χ2v) is 9.59. The van der Waals surface area contributed by atoms with Crippen molar-refractivity contribution in [2.45, 2.75) is 31.1 Å². The van der Waals surface area contributed by atoms with Crippen molar-refractivity contribution in [1.29, 1.82) is 0 Å². The smallest absolute Gasteiger partial charge is 0.246 e. The van der Waals surface area contributed by atoms with Gasteiger partial charge in [-0.05, 0) is 55.2 Å². The number of benzene rings is 2. The minimum absolute atomic E-state index is 0.102. The highest BCUT2D eigenvalue weighted by atomic mass is 32.2. The van der Waals surface area contributed by atoms with E-state index in [0.29, 0.717) is 25.1 Å². The van der Waals surface area contributed by atoms with Crippen molar-refractivity contribution in [3.63, 3.8) is 0 Å². The summed E-state index contributed by atoms with van der Waals surface area (Å²) in [5.74, 6) is -0.845. The van der Waals surface area contributed by atoms with Gasteiger partial charge in [0, 0.05) is 18.8 Å². The molecule has 0 saturated carbocycles. The predicted molar refractivity (Wildman–Crippen MR) is 117 cm³/mol. The van der Waals surface area contributed by atoms with Crippen molar-refractivity contribution in [3.8, 4) is 5.75 Å². The van der Waals surface area contributed by atoms with E-state index in [1.165, 1.54) is 11.4 Å². The summed E-state index contributed by atoms with van der Waals surface area (Å²) in [7, 11) is -2.36. The molecule has 1 saturated heterocycles. The molecule has 3 rings (SSSR count). The lowest BCUT2D eigenvalue weighted by Gasteiger charge is -2.31. The maximum atomic E-state index is 13.2. The number of ether oxygens (including phenoxy) is 1. The number of methoxy groups -OCH3 is 1. The average Bonchev–Trinajstić information content (AvgIpc) is 2.74. The minimum atomic E-state index is -3.80. The van der Waals surface area contributed by atoms with E-state index < -0.39 is 21.8 Å². The number of rotatable bonds is 7. The highest BCUT2D eigenvalue weighted by molar-refractivity contribution is 7.89. The van der Waals surface area contributed by atoms with Gasteiger partial charge in [-0.1, -0.05) is 18.2 Å². The van der Waals surface area contributed by atoms with Crippen LogP contribution in [0.2, 0.25) is 0 Å². The van der Waals surface area contributed by atoms with Gasteiger partial charge in [0.05, 0.1) is 19.4 Å². The molecule has 1 unspecified atom stereocenters. The zero-order valence-electron chi connectivity index (χ0n) is 17.6. The minimum Gasteiger partial charge on any atom is -0.495 e. The molecule has 2 aromatic rings. The maximum absolute atomic E-state index is 13.2. The number of carbonyl (C=O) groups excluding carboxylic acids is 2.